The molecule has 5 heteroatoms. The molecular formula is C28H24O5. The number of benzene rings is 3. The van der Waals surface area contributed by atoms with E-state index in [0.29, 0.717) is 16.7 Å². The zero-order valence-corrected chi connectivity index (χ0v) is 17.9. The summed E-state index contributed by atoms with van der Waals surface area (Å²) >= 11 is 0. The highest BCUT2D eigenvalue weighted by molar-refractivity contribution is 6.01. The number of carboxylic acids is 2. The first kappa shape index (κ1) is 23.4. The van der Waals surface area contributed by atoms with Gasteiger partial charge in [0.1, 0.15) is 0 Å². The first-order valence-electron chi connectivity index (χ1n) is 10.5. The molecule has 0 aromatic heterocycles. The number of ketones is 1. The maximum Gasteiger partial charge on any atom is 0.331 e. The van der Waals surface area contributed by atoms with Crippen LogP contribution in [0.2, 0.25) is 0 Å². The first-order chi connectivity index (χ1) is 15.9. The third-order valence-electron chi connectivity index (χ3n) is 5.19. The molecule has 0 bridgehead atoms. The van der Waals surface area contributed by atoms with E-state index < -0.39 is 17.9 Å². The second-order valence-electron chi connectivity index (χ2n) is 7.61. The van der Waals surface area contributed by atoms with Gasteiger partial charge in [-0.15, -0.1) is 0 Å². The van der Waals surface area contributed by atoms with Gasteiger partial charge in [0.2, 0.25) is 0 Å². The van der Waals surface area contributed by atoms with Crippen molar-refractivity contribution in [3.63, 3.8) is 0 Å². The molecule has 0 aliphatic heterocycles. The number of hydrogen-bond donors (Lipinski definition) is 2. The molecule has 3 rings (SSSR count). The van der Waals surface area contributed by atoms with E-state index >= 15 is 0 Å². The molecule has 0 aliphatic rings. The van der Waals surface area contributed by atoms with Gasteiger partial charge in [0.05, 0.1) is 0 Å². The zero-order chi connectivity index (χ0) is 23.6. The second kappa shape index (κ2) is 11.4. The average molecular weight is 440 g/mol. The fourth-order valence-corrected chi connectivity index (χ4v) is 3.54. The van der Waals surface area contributed by atoms with Crippen LogP contribution in [0, 0.1) is 5.92 Å². The molecule has 0 atom stereocenters. The van der Waals surface area contributed by atoms with E-state index in [4.69, 9.17) is 0 Å². The number of carbonyl (C=O) groups excluding carboxylic acids is 1. The van der Waals surface area contributed by atoms with Crippen LogP contribution in [-0.4, -0.2) is 27.9 Å². The van der Waals surface area contributed by atoms with Gasteiger partial charge in [-0.2, -0.15) is 0 Å². The van der Waals surface area contributed by atoms with Crippen molar-refractivity contribution in [3.05, 3.63) is 119 Å². The number of rotatable bonds is 10. The Morgan fingerprint density at radius 3 is 1.33 bits per heavy atom. The molecular weight excluding hydrogens is 416 g/mol. The van der Waals surface area contributed by atoms with E-state index in [1.54, 1.807) is 78.9 Å². The first-order valence-corrected chi connectivity index (χ1v) is 10.5. The van der Waals surface area contributed by atoms with Crippen LogP contribution in [0.3, 0.4) is 0 Å². The third kappa shape index (κ3) is 6.87. The van der Waals surface area contributed by atoms with Crippen LogP contribution in [0.1, 0.15) is 34.3 Å². The Bertz CT molecular complexity index is 1090. The lowest BCUT2D eigenvalue weighted by Crippen LogP contribution is -2.20. The summed E-state index contributed by atoms with van der Waals surface area (Å²) < 4.78 is 0. The summed E-state index contributed by atoms with van der Waals surface area (Å²) in [5.41, 5.74) is 1.88. The van der Waals surface area contributed by atoms with Gasteiger partial charge in [0.25, 0.3) is 0 Å². The molecule has 0 radical (unpaired) electrons. The van der Waals surface area contributed by atoms with Gasteiger partial charge in [0.15, 0.2) is 5.78 Å². The topological polar surface area (TPSA) is 91.7 Å². The highest BCUT2D eigenvalue weighted by Crippen LogP contribution is 2.27. The maximum atomic E-state index is 13.3. The summed E-state index contributed by atoms with van der Waals surface area (Å²) in [6.45, 7) is 0. The van der Waals surface area contributed by atoms with Crippen molar-refractivity contribution >= 4 is 29.9 Å². The average Bonchev–Trinajstić information content (AvgIpc) is 2.83. The van der Waals surface area contributed by atoms with Gasteiger partial charge < -0.3 is 10.2 Å². The van der Waals surface area contributed by atoms with Gasteiger partial charge >= 0.3 is 11.9 Å². The molecule has 0 spiro atoms. The quantitative estimate of drug-likeness (QED) is 0.316. The van der Waals surface area contributed by atoms with Crippen LogP contribution < -0.4 is 0 Å². The predicted octanol–water partition coefficient (Wildman–Crippen LogP) is 5.60. The lowest BCUT2D eigenvalue weighted by Gasteiger charge is -2.17. The highest BCUT2D eigenvalue weighted by Gasteiger charge is 2.27. The van der Waals surface area contributed by atoms with Crippen LogP contribution in [0.25, 0.3) is 12.2 Å². The van der Waals surface area contributed by atoms with Crippen molar-refractivity contribution in [3.8, 4) is 0 Å². The normalized spacial score (nSPS) is 12.7. The van der Waals surface area contributed by atoms with Gasteiger partial charge in [-0.1, -0.05) is 91.0 Å². The van der Waals surface area contributed by atoms with Crippen molar-refractivity contribution in [2.75, 3.05) is 0 Å². The largest absolute Gasteiger partial charge is 0.478 e. The summed E-state index contributed by atoms with van der Waals surface area (Å²) in [6.07, 6.45) is 2.85. The fourth-order valence-electron chi connectivity index (χ4n) is 3.54. The fraction of sp³-hybridized carbons (Fsp3) is 0.107. The minimum atomic E-state index is -1.14. The minimum absolute atomic E-state index is 0.0416. The Morgan fingerprint density at radius 2 is 0.970 bits per heavy atom. The van der Waals surface area contributed by atoms with Crippen molar-refractivity contribution in [1.29, 1.82) is 0 Å². The van der Waals surface area contributed by atoms with Crippen molar-refractivity contribution in [1.82, 2.24) is 0 Å². The SMILES string of the molecule is O=C(O)C(=Cc1ccccc1)CC(CC(=Cc1ccccc1)C(=O)O)C(=O)c1ccccc1. The Balaban J connectivity index is 1.99. The Hall–Kier alpha value is -4.25. The van der Waals surface area contributed by atoms with E-state index in [9.17, 15) is 24.6 Å². The van der Waals surface area contributed by atoms with Crippen molar-refractivity contribution in [2.24, 2.45) is 5.92 Å². The maximum absolute atomic E-state index is 13.3. The molecule has 0 aliphatic carbocycles. The molecule has 0 amide bonds. The summed E-state index contributed by atoms with van der Waals surface area (Å²) in [6, 6.07) is 26.4. The number of Topliss-reactive ketones (excluding diaryl/α,β-unsaturated/α-hetero) is 1. The van der Waals surface area contributed by atoms with Crippen LogP contribution in [-0.2, 0) is 9.59 Å². The van der Waals surface area contributed by atoms with Crippen LogP contribution in [0.15, 0.2) is 102 Å². The lowest BCUT2D eigenvalue weighted by molar-refractivity contribution is -0.133. The summed E-state index contributed by atoms with van der Waals surface area (Å²) in [7, 11) is 0. The van der Waals surface area contributed by atoms with E-state index in [0.717, 1.165) is 0 Å². The standard InChI is InChI=1S/C28H24O5/c29-26(22-14-8-3-9-15-22)23(18-24(27(30)31)16-20-10-4-1-5-11-20)19-25(28(32)33)17-21-12-6-2-7-13-21/h1-17,23H,18-19H2,(H,30,31)(H,32,33). The van der Waals surface area contributed by atoms with Gasteiger partial charge in [-0.05, 0) is 36.1 Å². The summed E-state index contributed by atoms with van der Waals surface area (Å²) in [4.78, 5) is 37.3. The summed E-state index contributed by atoms with van der Waals surface area (Å²) in [5.74, 6) is -3.44. The molecule has 0 saturated heterocycles. The van der Waals surface area contributed by atoms with Crippen LogP contribution in [0.5, 0.6) is 0 Å². The number of carbonyl (C=O) groups is 3. The van der Waals surface area contributed by atoms with Gasteiger partial charge in [0, 0.05) is 22.6 Å². The van der Waals surface area contributed by atoms with Gasteiger partial charge in [-0.25, -0.2) is 9.59 Å². The molecule has 0 fully saturated rings. The molecule has 0 unspecified atom stereocenters. The van der Waals surface area contributed by atoms with Crippen molar-refractivity contribution in [2.45, 2.75) is 12.8 Å². The third-order valence-corrected chi connectivity index (χ3v) is 5.19. The molecule has 0 heterocycles. The Kier molecular flexibility index (Phi) is 8.08. The minimum Gasteiger partial charge on any atom is -0.478 e. The zero-order valence-electron chi connectivity index (χ0n) is 17.9. The predicted molar refractivity (Wildman–Crippen MR) is 128 cm³/mol. The molecule has 5 nitrogen and oxygen atoms in total. The number of carboxylic acid groups (broad SMARTS) is 2. The summed E-state index contributed by atoms with van der Waals surface area (Å²) in [5, 5.41) is 19.6. The molecule has 33 heavy (non-hydrogen) atoms. The lowest BCUT2D eigenvalue weighted by atomic mass is 9.85. The van der Waals surface area contributed by atoms with E-state index in [2.05, 4.69) is 0 Å². The van der Waals surface area contributed by atoms with Gasteiger partial charge in [-0.3, -0.25) is 4.79 Å². The molecule has 2 N–H and O–H groups in total. The highest BCUT2D eigenvalue weighted by atomic mass is 16.4. The molecule has 0 saturated carbocycles. The Morgan fingerprint density at radius 1 is 0.606 bits per heavy atom. The van der Waals surface area contributed by atoms with E-state index in [1.165, 1.54) is 12.2 Å². The smallest absolute Gasteiger partial charge is 0.331 e. The number of aliphatic carboxylic acids is 2. The number of hydrogen-bond acceptors (Lipinski definition) is 3. The van der Waals surface area contributed by atoms with Crippen molar-refractivity contribution < 1.29 is 24.6 Å². The monoisotopic (exact) mass is 440 g/mol. The van der Waals surface area contributed by atoms with E-state index in [-0.39, 0.29) is 29.8 Å². The molecule has 3 aromatic carbocycles. The molecule has 166 valence electrons. The molecule has 3 aromatic rings. The van der Waals surface area contributed by atoms with E-state index in [1.807, 2.05) is 12.1 Å². The van der Waals surface area contributed by atoms with Crippen LogP contribution >= 0.6 is 0 Å². The Labute approximate surface area is 192 Å². The second-order valence-corrected chi connectivity index (χ2v) is 7.61. The van der Waals surface area contributed by atoms with Crippen LogP contribution in [0.4, 0.5) is 0 Å².